The maximum atomic E-state index is 13.0. The highest BCUT2D eigenvalue weighted by atomic mass is 35.5. The molecule has 0 saturated carbocycles. The number of aldehydes is 1. The lowest BCUT2D eigenvalue weighted by molar-refractivity contribution is -0.112. The highest BCUT2D eigenvalue weighted by molar-refractivity contribution is 6.30. The standard InChI is InChI=1S/C13H15ClFNO/c14-12-7-11(1-2-13(12)15)8-16-5-3-10(9-17)4-6-16/h1-2,7,9-10H,3-6,8H2. The number of likely N-dealkylation sites (tertiary alicyclic amines) is 1. The number of benzene rings is 1. The molecule has 0 aromatic heterocycles. The number of nitrogens with zero attached hydrogens (tertiary/aromatic N) is 1. The summed E-state index contributed by atoms with van der Waals surface area (Å²) in [7, 11) is 0. The molecule has 0 amide bonds. The van der Waals surface area contributed by atoms with E-state index in [1.54, 1.807) is 12.1 Å². The average Bonchev–Trinajstić information content (AvgIpc) is 2.35. The Labute approximate surface area is 105 Å². The van der Waals surface area contributed by atoms with Crippen molar-refractivity contribution in [2.75, 3.05) is 13.1 Å². The molecule has 0 unspecified atom stereocenters. The van der Waals surface area contributed by atoms with Gasteiger partial charge >= 0.3 is 0 Å². The first-order valence-corrected chi connectivity index (χ1v) is 6.18. The van der Waals surface area contributed by atoms with Crippen LogP contribution in [0.3, 0.4) is 0 Å². The van der Waals surface area contributed by atoms with Gasteiger partial charge in [-0.3, -0.25) is 4.90 Å². The largest absolute Gasteiger partial charge is 0.303 e. The summed E-state index contributed by atoms with van der Waals surface area (Å²) in [6.07, 6.45) is 2.88. The second-order valence-corrected chi connectivity index (χ2v) is 4.91. The van der Waals surface area contributed by atoms with Crippen molar-refractivity contribution in [3.05, 3.63) is 34.6 Å². The van der Waals surface area contributed by atoms with Gasteiger partial charge in [-0.05, 0) is 43.6 Å². The molecule has 0 spiro atoms. The second-order valence-electron chi connectivity index (χ2n) is 4.50. The zero-order chi connectivity index (χ0) is 12.3. The fraction of sp³-hybridized carbons (Fsp3) is 0.462. The van der Waals surface area contributed by atoms with Crippen LogP contribution >= 0.6 is 11.6 Å². The van der Waals surface area contributed by atoms with Crippen LogP contribution in [0.25, 0.3) is 0 Å². The van der Waals surface area contributed by atoms with Crippen LogP contribution in [0, 0.1) is 11.7 Å². The lowest BCUT2D eigenvalue weighted by atomic mass is 9.98. The number of carbonyl (C=O) groups excluding carboxylic acids is 1. The van der Waals surface area contributed by atoms with Gasteiger partial charge in [-0.2, -0.15) is 0 Å². The first-order chi connectivity index (χ1) is 8.19. The van der Waals surface area contributed by atoms with E-state index in [2.05, 4.69) is 4.90 Å². The minimum atomic E-state index is -0.380. The van der Waals surface area contributed by atoms with Gasteiger partial charge in [0.2, 0.25) is 0 Å². The molecule has 1 aromatic rings. The van der Waals surface area contributed by atoms with Gasteiger partial charge in [0.15, 0.2) is 0 Å². The summed E-state index contributed by atoms with van der Waals surface area (Å²) in [5, 5.41) is 0.172. The molecule has 17 heavy (non-hydrogen) atoms. The van der Waals surface area contributed by atoms with Crippen LogP contribution < -0.4 is 0 Å². The molecule has 0 atom stereocenters. The van der Waals surface area contributed by atoms with Gasteiger partial charge in [0.05, 0.1) is 5.02 Å². The molecule has 0 N–H and O–H groups in total. The minimum absolute atomic E-state index is 0.172. The molecular formula is C13H15ClFNO. The molecule has 92 valence electrons. The van der Waals surface area contributed by atoms with E-state index in [-0.39, 0.29) is 16.8 Å². The topological polar surface area (TPSA) is 20.3 Å². The third-order valence-electron chi connectivity index (χ3n) is 3.21. The maximum Gasteiger partial charge on any atom is 0.141 e. The Hall–Kier alpha value is -0.930. The van der Waals surface area contributed by atoms with Crippen LogP contribution in [0.5, 0.6) is 0 Å². The van der Waals surface area contributed by atoms with E-state index in [1.165, 1.54) is 6.07 Å². The highest BCUT2D eigenvalue weighted by Crippen LogP contribution is 2.20. The second kappa shape index (κ2) is 5.61. The van der Waals surface area contributed by atoms with E-state index in [9.17, 15) is 9.18 Å². The fourth-order valence-electron chi connectivity index (χ4n) is 2.14. The van der Waals surface area contributed by atoms with Crippen molar-refractivity contribution in [3.8, 4) is 0 Å². The molecule has 0 aliphatic carbocycles. The Morgan fingerprint density at radius 2 is 2.12 bits per heavy atom. The smallest absolute Gasteiger partial charge is 0.141 e. The Morgan fingerprint density at radius 1 is 1.41 bits per heavy atom. The van der Waals surface area contributed by atoms with Crippen LogP contribution in [-0.2, 0) is 11.3 Å². The molecular weight excluding hydrogens is 241 g/mol. The molecule has 1 saturated heterocycles. The Morgan fingerprint density at radius 3 is 2.71 bits per heavy atom. The molecule has 4 heteroatoms. The predicted molar refractivity (Wildman–Crippen MR) is 65.5 cm³/mol. The van der Waals surface area contributed by atoms with E-state index in [0.29, 0.717) is 0 Å². The van der Waals surface area contributed by atoms with E-state index in [4.69, 9.17) is 11.6 Å². The average molecular weight is 256 g/mol. The van der Waals surface area contributed by atoms with Gasteiger partial charge in [-0.15, -0.1) is 0 Å². The van der Waals surface area contributed by atoms with Gasteiger partial charge < -0.3 is 4.79 Å². The Balaban J connectivity index is 1.93. The summed E-state index contributed by atoms with van der Waals surface area (Å²) < 4.78 is 13.0. The van der Waals surface area contributed by atoms with Crippen molar-refractivity contribution in [3.63, 3.8) is 0 Å². The lowest BCUT2D eigenvalue weighted by Crippen LogP contribution is -2.33. The molecule has 2 nitrogen and oxygen atoms in total. The summed E-state index contributed by atoms with van der Waals surface area (Å²) in [5.74, 6) is -0.168. The van der Waals surface area contributed by atoms with Crippen molar-refractivity contribution < 1.29 is 9.18 Å². The van der Waals surface area contributed by atoms with Gasteiger partial charge in [0, 0.05) is 12.5 Å². The molecule has 1 heterocycles. The Kier molecular flexibility index (Phi) is 4.13. The van der Waals surface area contributed by atoms with Crippen LogP contribution in [0.4, 0.5) is 4.39 Å². The first-order valence-electron chi connectivity index (χ1n) is 5.80. The van der Waals surface area contributed by atoms with Crippen LogP contribution in [0.15, 0.2) is 18.2 Å². The van der Waals surface area contributed by atoms with Gasteiger partial charge in [-0.25, -0.2) is 4.39 Å². The first kappa shape index (κ1) is 12.5. The SMILES string of the molecule is O=CC1CCN(Cc2ccc(F)c(Cl)c2)CC1. The summed E-state index contributed by atoms with van der Waals surface area (Å²) in [5.41, 5.74) is 1.01. The van der Waals surface area contributed by atoms with Crippen molar-refractivity contribution in [1.82, 2.24) is 4.90 Å². The Bertz CT molecular complexity index is 402. The molecule has 2 rings (SSSR count). The summed E-state index contributed by atoms with van der Waals surface area (Å²) >= 11 is 5.74. The quantitative estimate of drug-likeness (QED) is 0.774. The monoisotopic (exact) mass is 255 g/mol. The van der Waals surface area contributed by atoms with E-state index in [0.717, 1.165) is 44.3 Å². The predicted octanol–water partition coefficient (Wildman–Crippen LogP) is 2.89. The number of carbonyl (C=O) groups is 1. The van der Waals surface area contributed by atoms with Crippen molar-refractivity contribution in [2.24, 2.45) is 5.92 Å². The normalized spacial score (nSPS) is 18.2. The van der Waals surface area contributed by atoms with Gasteiger partial charge in [-0.1, -0.05) is 17.7 Å². The van der Waals surface area contributed by atoms with Crippen molar-refractivity contribution >= 4 is 17.9 Å². The maximum absolute atomic E-state index is 13.0. The fourth-order valence-corrected chi connectivity index (χ4v) is 2.35. The third-order valence-corrected chi connectivity index (χ3v) is 3.50. The number of rotatable bonds is 3. The number of piperidine rings is 1. The molecule has 1 aliphatic heterocycles. The molecule has 1 aromatic carbocycles. The van der Waals surface area contributed by atoms with E-state index < -0.39 is 0 Å². The minimum Gasteiger partial charge on any atom is -0.303 e. The number of halogens is 2. The lowest BCUT2D eigenvalue weighted by Gasteiger charge is -2.29. The van der Waals surface area contributed by atoms with Crippen molar-refractivity contribution in [1.29, 1.82) is 0 Å². The van der Waals surface area contributed by atoms with Crippen LogP contribution in [0.2, 0.25) is 5.02 Å². The highest BCUT2D eigenvalue weighted by Gasteiger charge is 2.18. The van der Waals surface area contributed by atoms with Crippen LogP contribution in [0.1, 0.15) is 18.4 Å². The summed E-state index contributed by atoms with van der Waals surface area (Å²) in [4.78, 5) is 12.9. The summed E-state index contributed by atoms with van der Waals surface area (Å²) in [6, 6.07) is 4.82. The van der Waals surface area contributed by atoms with Crippen LogP contribution in [-0.4, -0.2) is 24.3 Å². The molecule has 0 radical (unpaired) electrons. The zero-order valence-corrected chi connectivity index (χ0v) is 10.3. The number of hydrogen-bond donors (Lipinski definition) is 0. The number of hydrogen-bond acceptors (Lipinski definition) is 2. The van der Waals surface area contributed by atoms with Crippen molar-refractivity contribution in [2.45, 2.75) is 19.4 Å². The third kappa shape index (κ3) is 3.27. The van der Waals surface area contributed by atoms with E-state index >= 15 is 0 Å². The van der Waals surface area contributed by atoms with Gasteiger partial charge in [0.25, 0.3) is 0 Å². The summed E-state index contributed by atoms with van der Waals surface area (Å²) in [6.45, 7) is 2.60. The van der Waals surface area contributed by atoms with Gasteiger partial charge in [0.1, 0.15) is 12.1 Å². The zero-order valence-electron chi connectivity index (χ0n) is 9.53. The molecule has 1 fully saturated rings. The molecule has 1 aliphatic rings. The molecule has 0 bridgehead atoms. The van der Waals surface area contributed by atoms with E-state index in [1.807, 2.05) is 0 Å².